The van der Waals surface area contributed by atoms with Gasteiger partial charge in [-0.15, -0.1) is 0 Å². The van der Waals surface area contributed by atoms with Gasteiger partial charge in [0.05, 0.1) is 0 Å². The number of hydrogen-bond acceptors (Lipinski definition) is 3. The molecule has 2 rings (SSSR count). The van der Waals surface area contributed by atoms with Gasteiger partial charge in [0.25, 0.3) is 5.56 Å². The standard InChI is InChI=1S/C19H21N3O2/c1-11-5-6-15(9-12(11)2)22-18(23)8-7-16-13(3)17(10-20)19(24)21-14(16)4/h5-6,9H,7-8H2,1-4H3,(H,21,24)(H,22,23). The van der Waals surface area contributed by atoms with Crippen molar-refractivity contribution in [2.75, 3.05) is 5.32 Å². The average molecular weight is 323 g/mol. The first kappa shape index (κ1) is 17.5. The number of aromatic nitrogens is 1. The lowest BCUT2D eigenvalue weighted by molar-refractivity contribution is -0.116. The Labute approximate surface area is 141 Å². The van der Waals surface area contributed by atoms with Crippen LogP contribution in [0.25, 0.3) is 0 Å². The number of carbonyl (C=O) groups is 1. The van der Waals surface area contributed by atoms with E-state index >= 15 is 0 Å². The van der Waals surface area contributed by atoms with E-state index in [9.17, 15) is 9.59 Å². The highest BCUT2D eigenvalue weighted by Crippen LogP contribution is 2.17. The number of amides is 1. The van der Waals surface area contributed by atoms with Crippen molar-refractivity contribution in [3.63, 3.8) is 0 Å². The molecular formula is C19H21N3O2. The zero-order valence-electron chi connectivity index (χ0n) is 14.4. The van der Waals surface area contributed by atoms with Gasteiger partial charge in [0, 0.05) is 17.8 Å². The maximum atomic E-state index is 12.2. The molecule has 0 aliphatic rings. The van der Waals surface area contributed by atoms with Crippen LogP contribution in [0.1, 0.15) is 39.9 Å². The molecule has 0 fully saturated rings. The smallest absolute Gasteiger partial charge is 0.266 e. The molecule has 0 aliphatic heterocycles. The summed E-state index contributed by atoms with van der Waals surface area (Å²) in [7, 11) is 0. The molecule has 1 aromatic heterocycles. The first-order valence-electron chi connectivity index (χ1n) is 7.83. The maximum Gasteiger partial charge on any atom is 0.266 e. The summed E-state index contributed by atoms with van der Waals surface area (Å²) in [6.07, 6.45) is 0.755. The molecular weight excluding hydrogens is 302 g/mol. The van der Waals surface area contributed by atoms with Crippen molar-refractivity contribution in [1.82, 2.24) is 4.98 Å². The molecule has 0 aliphatic carbocycles. The van der Waals surface area contributed by atoms with E-state index in [2.05, 4.69) is 10.3 Å². The van der Waals surface area contributed by atoms with Crippen molar-refractivity contribution in [2.24, 2.45) is 0 Å². The zero-order chi connectivity index (χ0) is 17.9. The molecule has 0 spiro atoms. The Balaban J connectivity index is 2.11. The topological polar surface area (TPSA) is 85.8 Å². The van der Waals surface area contributed by atoms with Crippen LogP contribution < -0.4 is 10.9 Å². The van der Waals surface area contributed by atoms with Gasteiger partial charge in [0.15, 0.2) is 0 Å². The molecule has 0 radical (unpaired) electrons. The minimum atomic E-state index is -0.379. The number of nitriles is 1. The predicted octanol–water partition coefficient (Wildman–Crippen LogP) is 3.05. The SMILES string of the molecule is Cc1ccc(NC(=O)CCc2c(C)[nH]c(=O)c(C#N)c2C)cc1C. The molecule has 2 aromatic rings. The average Bonchev–Trinajstić information content (AvgIpc) is 2.51. The number of carbonyl (C=O) groups excluding carboxylic acids is 1. The Bertz CT molecular complexity index is 889. The van der Waals surface area contributed by atoms with Crippen molar-refractivity contribution >= 4 is 11.6 Å². The van der Waals surface area contributed by atoms with Gasteiger partial charge in [-0.3, -0.25) is 9.59 Å². The minimum absolute atomic E-state index is 0.0956. The molecule has 0 bridgehead atoms. The second-order valence-corrected chi connectivity index (χ2v) is 6.02. The van der Waals surface area contributed by atoms with Crippen molar-refractivity contribution in [2.45, 2.75) is 40.5 Å². The monoisotopic (exact) mass is 323 g/mol. The molecule has 124 valence electrons. The number of benzene rings is 1. The largest absolute Gasteiger partial charge is 0.326 e. The molecule has 5 nitrogen and oxygen atoms in total. The lowest BCUT2D eigenvalue weighted by Gasteiger charge is -2.11. The highest BCUT2D eigenvalue weighted by atomic mass is 16.1. The number of pyridine rings is 1. The summed E-state index contributed by atoms with van der Waals surface area (Å²) in [4.78, 5) is 26.6. The lowest BCUT2D eigenvalue weighted by atomic mass is 9.99. The van der Waals surface area contributed by atoms with Crippen molar-refractivity contribution in [3.05, 3.63) is 62.1 Å². The summed E-state index contributed by atoms with van der Waals surface area (Å²) in [5.41, 5.74) is 5.02. The Kier molecular flexibility index (Phi) is 5.20. The van der Waals surface area contributed by atoms with Crippen LogP contribution >= 0.6 is 0 Å². The number of rotatable bonds is 4. The van der Waals surface area contributed by atoms with Gasteiger partial charge in [-0.1, -0.05) is 6.07 Å². The van der Waals surface area contributed by atoms with Crippen molar-refractivity contribution < 1.29 is 4.79 Å². The number of aromatic amines is 1. The summed E-state index contributed by atoms with van der Waals surface area (Å²) >= 11 is 0. The molecule has 5 heteroatoms. The first-order chi connectivity index (χ1) is 11.3. The molecule has 0 saturated carbocycles. The molecule has 2 N–H and O–H groups in total. The fourth-order valence-electron chi connectivity index (χ4n) is 2.70. The van der Waals surface area contributed by atoms with Crippen LogP contribution in [0.4, 0.5) is 5.69 Å². The van der Waals surface area contributed by atoms with Crippen LogP contribution in [-0.4, -0.2) is 10.9 Å². The highest BCUT2D eigenvalue weighted by Gasteiger charge is 2.13. The quantitative estimate of drug-likeness (QED) is 0.906. The molecule has 1 amide bonds. The Morgan fingerprint density at radius 2 is 1.92 bits per heavy atom. The van der Waals surface area contributed by atoms with E-state index in [4.69, 9.17) is 5.26 Å². The first-order valence-corrected chi connectivity index (χ1v) is 7.83. The number of aryl methyl sites for hydroxylation is 3. The third kappa shape index (κ3) is 3.72. The van der Waals surface area contributed by atoms with Crippen molar-refractivity contribution in [1.29, 1.82) is 5.26 Å². The summed E-state index contributed by atoms with van der Waals surface area (Å²) in [5.74, 6) is -0.0956. The molecule has 1 aromatic carbocycles. The van der Waals surface area contributed by atoms with E-state index in [1.165, 1.54) is 5.56 Å². The summed E-state index contributed by atoms with van der Waals surface area (Å²) in [6.45, 7) is 7.56. The number of H-pyrrole nitrogens is 1. The van der Waals surface area contributed by atoms with Gasteiger partial charge in [0.2, 0.25) is 5.91 Å². The number of nitrogens with zero attached hydrogens (tertiary/aromatic N) is 1. The Hall–Kier alpha value is -2.87. The van der Waals surface area contributed by atoms with Crippen LogP contribution in [-0.2, 0) is 11.2 Å². The number of hydrogen-bond donors (Lipinski definition) is 2. The highest BCUT2D eigenvalue weighted by molar-refractivity contribution is 5.91. The van der Waals surface area contributed by atoms with Crippen LogP contribution in [0.15, 0.2) is 23.0 Å². The summed E-state index contributed by atoms with van der Waals surface area (Å²) in [5, 5.41) is 12.0. The minimum Gasteiger partial charge on any atom is -0.326 e. The van der Waals surface area contributed by atoms with E-state index in [1.807, 2.05) is 38.1 Å². The third-order valence-electron chi connectivity index (χ3n) is 4.31. The molecule has 0 unspecified atom stereocenters. The van der Waals surface area contributed by atoms with Crippen LogP contribution in [0.5, 0.6) is 0 Å². The van der Waals surface area contributed by atoms with Crippen LogP contribution in [0.2, 0.25) is 0 Å². The third-order valence-corrected chi connectivity index (χ3v) is 4.31. The van der Waals surface area contributed by atoms with Gasteiger partial charge >= 0.3 is 0 Å². The fraction of sp³-hybridized carbons (Fsp3) is 0.316. The second kappa shape index (κ2) is 7.14. The van der Waals surface area contributed by atoms with Gasteiger partial charge in [0.1, 0.15) is 11.6 Å². The Morgan fingerprint density at radius 1 is 1.21 bits per heavy atom. The van der Waals surface area contributed by atoms with E-state index in [-0.39, 0.29) is 23.5 Å². The fourth-order valence-corrected chi connectivity index (χ4v) is 2.70. The van der Waals surface area contributed by atoms with Gasteiger partial charge in [-0.2, -0.15) is 5.26 Å². The normalized spacial score (nSPS) is 10.3. The second-order valence-electron chi connectivity index (χ2n) is 6.02. The van der Waals surface area contributed by atoms with Crippen molar-refractivity contribution in [3.8, 4) is 6.07 Å². The van der Waals surface area contributed by atoms with E-state index in [0.29, 0.717) is 17.7 Å². The Morgan fingerprint density at radius 3 is 2.54 bits per heavy atom. The van der Waals surface area contributed by atoms with Crippen LogP contribution in [0.3, 0.4) is 0 Å². The summed E-state index contributed by atoms with van der Waals surface area (Å²) in [6, 6.07) is 7.72. The molecule has 24 heavy (non-hydrogen) atoms. The van der Waals surface area contributed by atoms with Gasteiger partial charge in [-0.25, -0.2) is 0 Å². The van der Waals surface area contributed by atoms with Crippen LogP contribution in [0, 0.1) is 39.0 Å². The van der Waals surface area contributed by atoms with Gasteiger partial charge < -0.3 is 10.3 Å². The predicted molar refractivity (Wildman–Crippen MR) is 94.1 cm³/mol. The number of nitrogens with one attached hydrogen (secondary N) is 2. The molecule has 0 saturated heterocycles. The van der Waals surface area contributed by atoms with Gasteiger partial charge in [-0.05, 0) is 68.5 Å². The molecule has 0 atom stereocenters. The maximum absolute atomic E-state index is 12.2. The van der Waals surface area contributed by atoms with E-state index in [0.717, 1.165) is 16.8 Å². The summed E-state index contributed by atoms with van der Waals surface area (Å²) < 4.78 is 0. The van der Waals surface area contributed by atoms with E-state index < -0.39 is 0 Å². The lowest BCUT2D eigenvalue weighted by Crippen LogP contribution is -2.18. The number of anilines is 1. The zero-order valence-corrected chi connectivity index (χ0v) is 14.4. The molecule has 1 heterocycles. The van der Waals surface area contributed by atoms with E-state index in [1.54, 1.807) is 13.8 Å².